The SMILES string of the molecule is COc1ccc(N(C(=O)c2ccco2)[C@H](C(=O)NC2CCCCC2)c2cccs2)cc1. The van der Waals surface area contributed by atoms with Crippen LogP contribution >= 0.6 is 11.3 Å². The predicted molar refractivity (Wildman–Crippen MR) is 121 cm³/mol. The minimum Gasteiger partial charge on any atom is -0.497 e. The highest BCUT2D eigenvalue weighted by Crippen LogP contribution is 2.33. The van der Waals surface area contributed by atoms with Crippen LogP contribution in [0.15, 0.2) is 64.6 Å². The van der Waals surface area contributed by atoms with Gasteiger partial charge in [-0.1, -0.05) is 25.3 Å². The third-order valence-corrected chi connectivity index (χ3v) is 6.50. The van der Waals surface area contributed by atoms with Crippen molar-refractivity contribution in [2.24, 2.45) is 0 Å². The molecule has 1 aliphatic carbocycles. The summed E-state index contributed by atoms with van der Waals surface area (Å²) in [6, 6.07) is 13.5. The largest absolute Gasteiger partial charge is 0.497 e. The third-order valence-electron chi connectivity index (χ3n) is 5.57. The van der Waals surface area contributed by atoms with Gasteiger partial charge in [0.05, 0.1) is 13.4 Å². The monoisotopic (exact) mass is 438 g/mol. The summed E-state index contributed by atoms with van der Waals surface area (Å²) in [6.45, 7) is 0. The molecular formula is C24H26N2O4S. The van der Waals surface area contributed by atoms with Crippen molar-refractivity contribution in [2.75, 3.05) is 12.0 Å². The van der Waals surface area contributed by atoms with Crippen LogP contribution in [0.25, 0.3) is 0 Å². The molecule has 3 aromatic rings. The number of nitrogens with zero attached hydrogens (tertiary/aromatic N) is 1. The van der Waals surface area contributed by atoms with E-state index >= 15 is 0 Å². The predicted octanol–water partition coefficient (Wildman–Crippen LogP) is 5.19. The molecule has 1 saturated carbocycles. The van der Waals surface area contributed by atoms with Gasteiger partial charge in [-0.2, -0.15) is 0 Å². The van der Waals surface area contributed by atoms with Crippen LogP contribution in [-0.4, -0.2) is 25.0 Å². The topological polar surface area (TPSA) is 71.8 Å². The molecule has 1 N–H and O–H groups in total. The van der Waals surface area contributed by atoms with Gasteiger partial charge in [-0.05, 0) is 60.7 Å². The van der Waals surface area contributed by atoms with Gasteiger partial charge in [0, 0.05) is 16.6 Å². The number of hydrogen-bond donors (Lipinski definition) is 1. The Morgan fingerprint density at radius 3 is 2.48 bits per heavy atom. The molecule has 1 atom stereocenters. The van der Waals surface area contributed by atoms with Crippen molar-refractivity contribution >= 4 is 28.8 Å². The van der Waals surface area contributed by atoms with Crippen molar-refractivity contribution in [1.82, 2.24) is 5.32 Å². The van der Waals surface area contributed by atoms with E-state index in [1.54, 1.807) is 43.5 Å². The van der Waals surface area contributed by atoms with Crippen LogP contribution in [0, 0.1) is 0 Å². The minimum absolute atomic E-state index is 0.139. The molecule has 6 nitrogen and oxygen atoms in total. The summed E-state index contributed by atoms with van der Waals surface area (Å²) in [5.41, 5.74) is 0.597. The van der Waals surface area contributed by atoms with Crippen molar-refractivity contribution in [3.8, 4) is 5.75 Å². The molecule has 4 rings (SSSR count). The molecule has 1 aromatic carbocycles. The summed E-state index contributed by atoms with van der Waals surface area (Å²) >= 11 is 1.46. The Labute approximate surface area is 185 Å². The first-order valence-corrected chi connectivity index (χ1v) is 11.4. The lowest BCUT2D eigenvalue weighted by Gasteiger charge is -2.32. The number of hydrogen-bond acceptors (Lipinski definition) is 5. The van der Waals surface area contributed by atoms with E-state index in [0.717, 1.165) is 30.6 Å². The molecule has 0 spiro atoms. The summed E-state index contributed by atoms with van der Waals surface area (Å²) in [7, 11) is 1.59. The number of methoxy groups -OCH3 is 1. The zero-order chi connectivity index (χ0) is 21.6. The fraction of sp³-hybridized carbons (Fsp3) is 0.333. The van der Waals surface area contributed by atoms with Gasteiger partial charge in [0.2, 0.25) is 5.91 Å². The molecular weight excluding hydrogens is 412 g/mol. The standard InChI is InChI=1S/C24H26N2O4S/c1-29-19-13-11-18(12-14-19)26(24(28)20-9-5-15-30-20)22(21-10-6-16-31-21)23(27)25-17-7-3-2-4-8-17/h5-6,9-17,22H,2-4,7-8H2,1H3,(H,25,27)/t22-/m0/s1. The summed E-state index contributed by atoms with van der Waals surface area (Å²) in [5, 5.41) is 5.12. The number of furan rings is 1. The van der Waals surface area contributed by atoms with Crippen molar-refractivity contribution in [1.29, 1.82) is 0 Å². The summed E-state index contributed by atoms with van der Waals surface area (Å²) in [6.07, 6.45) is 6.83. The molecule has 0 saturated heterocycles. The number of amides is 2. The smallest absolute Gasteiger partial charge is 0.295 e. The molecule has 1 fully saturated rings. The molecule has 1 aliphatic rings. The van der Waals surface area contributed by atoms with Gasteiger partial charge >= 0.3 is 0 Å². The minimum atomic E-state index is -0.798. The van der Waals surface area contributed by atoms with Crippen LogP contribution < -0.4 is 15.0 Å². The maximum atomic E-state index is 13.6. The van der Waals surface area contributed by atoms with Gasteiger partial charge < -0.3 is 14.5 Å². The van der Waals surface area contributed by atoms with Gasteiger partial charge in [-0.3, -0.25) is 14.5 Å². The van der Waals surface area contributed by atoms with Gasteiger partial charge in [-0.25, -0.2) is 0 Å². The Balaban J connectivity index is 1.73. The van der Waals surface area contributed by atoms with E-state index in [2.05, 4.69) is 5.32 Å². The molecule has 0 aliphatic heterocycles. The van der Waals surface area contributed by atoms with Crippen molar-refractivity contribution in [3.63, 3.8) is 0 Å². The quantitative estimate of drug-likeness (QED) is 0.551. The Hall–Kier alpha value is -3.06. The molecule has 0 radical (unpaired) electrons. The number of thiophene rings is 1. The van der Waals surface area contributed by atoms with Gasteiger partial charge in [0.15, 0.2) is 11.8 Å². The Bertz CT molecular complexity index is 977. The lowest BCUT2D eigenvalue weighted by atomic mass is 9.95. The summed E-state index contributed by atoms with van der Waals surface area (Å²) in [4.78, 5) is 29.4. The van der Waals surface area contributed by atoms with E-state index in [0.29, 0.717) is 11.4 Å². The molecule has 0 bridgehead atoms. The van der Waals surface area contributed by atoms with E-state index in [1.807, 2.05) is 17.5 Å². The lowest BCUT2D eigenvalue weighted by Crippen LogP contribution is -2.47. The van der Waals surface area contributed by atoms with Gasteiger partial charge in [-0.15, -0.1) is 11.3 Å². The van der Waals surface area contributed by atoms with E-state index < -0.39 is 6.04 Å². The molecule has 7 heteroatoms. The fourth-order valence-electron chi connectivity index (χ4n) is 3.99. The van der Waals surface area contributed by atoms with Crippen LogP contribution in [0.5, 0.6) is 5.75 Å². The molecule has 31 heavy (non-hydrogen) atoms. The Morgan fingerprint density at radius 2 is 1.87 bits per heavy atom. The average Bonchev–Trinajstić information content (AvgIpc) is 3.52. The molecule has 0 unspecified atom stereocenters. The Kier molecular flexibility index (Phi) is 6.72. The highest BCUT2D eigenvalue weighted by atomic mass is 32.1. The Morgan fingerprint density at radius 1 is 1.10 bits per heavy atom. The van der Waals surface area contributed by atoms with Gasteiger partial charge in [0.1, 0.15) is 5.75 Å². The number of rotatable bonds is 7. The summed E-state index contributed by atoms with van der Waals surface area (Å²) < 4.78 is 10.7. The second-order valence-corrected chi connectivity index (χ2v) is 8.59. The third kappa shape index (κ3) is 4.82. The van der Waals surface area contributed by atoms with Crippen molar-refractivity contribution in [3.05, 3.63) is 70.8 Å². The van der Waals surface area contributed by atoms with Crippen LogP contribution in [0.1, 0.15) is 53.6 Å². The fourth-order valence-corrected chi connectivity index (χ4v) is 4.81. The molecule has 2 heterocycles. The molecule has 2 aromatic heterocycles. The number of carbonyl (C=O) groups excluding carboxylic acids is 2. The van der Waals surface area contributed by atoms with Crippen LogP contribution in [-0.2, 0) is 4.79 Å². The van der Waals surface area contributed by atoms with E-state index in [-0.39, 0.29) is 23.6 Å². The van der Waals surface area contributed by atoms with E-state index in [1.165, 1.54) is 28.9 Å². The van der Waals surface area contributed by atoms with Crippen LogP contribution in [0.2, 0.25) is 0 Å². The first-order chi connectivity index (χ1) is 15.2. The first-order valence-electron chi connectivity index (χ1n) is 10.5. The van der Waals surface area contributed by atoms with E-state index in [9.17, 15) is 9.59 Å². The van der Waals surface area contributed by atoms with Gasteiger partial charge in [0.25, 0.3) is 5.91 Å². The number of benzene rings is 1. The zero-order valence-corrected chi connectivity index (χ0v) is 18.3. The lowest BCUT2D eigenvalue weighted by molar-refractivity contribution is -0.123. The van der Waals surface area contributed by atoms with Crippen molar-refractivity contribution < 1.29 is 18.7 Å². The van der Waals surface area contributed by atoms with Crippen LogP contribution in [0.4, 0.5) is 5.69 Å². The van der Waals surface area contributed by atoms with E-state index in [4.69, 9.17) is 9.15 Å². The average molecular weight is 439 g/mol. The van der Waals surface area contributed by atoms with Crippen molar-refractivity contribution in [2.45, 2.75) is 44.2 Å². The number of anilines is 1. The maximum absolute atomic E-state index is 13.6. The maximum Gasteiger partial charge on any atom is 0.295 e. The summed E-state index contributed by atoms with van der Waals surface area (Å²) in [5.74, 6) is 0.314. The second-order valence-electron chi connectivity index (χ2n) is 7.61. The number of nitrogens with one attached hydrogen (secondary N) is 1. The highest BCUT2D eigenvalue weighted by Gasteiger charge is 2.36. The normalized spacial score (nSPS) is 15.3. The van der Waals surface area contributed by atoms with Crippen LogP contribution in [0.3, 0.4) is 0 Å². The second kappa shape index (κ2) is 9.83. The number of carbonyl (C=O) groups is 2. The number of ether oxygens (including phenoxy) is 1. The molecule has 2 amide bonds. The highest BCUT2D eigenvalue weighted by molar-refractivity contribution is 7.10. The molecule has 162 valence electrons. The zero-order valence-electron chi connectivity index (χ0n) is 17.5. The first kappa shape index (κ1) is 21.2.